The van der Waals surface area contributed by atoms with Crippen LogP contribution in [0, 0.1) is 10.1 Å². The van der Waals surface area contributed by atoms with Gasteiger partial charge in [0, 0.05) is 22.9 Å². The van der Waals surface area contributed by atoms with Crippen LogP contribution in [0.15, 0.2) is 12.1 Å². The van der Waals surface area contributed by atoms with E-state index in [0.29, 0.717) is 23.4 Å². The minimum Gasteiger partial charge on any atom is -0.299 e. The largest absolute Gasteiger partial charge is 0.299 e. The molecule has 96 valence electrons. The SMILES string of the molecule is O=C1CCCCC1c1cc(Cl)cc(Cl)c1[N+](=O)[O-]. The van der Waals surface area contributed by atoms with Crippen LogP contribution in [0.3, 0.4) is 0 Å². The monoisotopic (exact) mass is 287 g/mol. The Kier molecular flexibility index (Phi) is 3.88. The Labute approximate surface area is 114 Å². The second-order valence-corrected chi connectivity index (χ2v) is 5.19. The molecule has 0 aromatic heterocycles. The van der Waals surface area contributed by atoms with Gasteiger partial charge in [-0.2, -0.15) is 0 Å². The average molecular weight is 288 g/mol. The molecule has 18 heavy (non-hydrogen) atoms. The lowest BCUT2D eigenvalue weighted by Crippen LogP contribution is -2.18. The van der Waals surface area contributed by atoms with Crippen molar-refractivity contribution in [1.82, 2.24) is 0 Å². The van der Waals surface area contributed by atoms with Gasteiger partial charge in [-0.25, -0.2) is 0 Å². The fourth-order valence-corrected chi connectivity index (χ4v) is 2.93. The first-order valence-electron chi connectivity index (χ1n) is 5.66. The summed E-state index contributed by atoms with van der Waals surface area (Å²) in [4.78, 5) is 22.4. The minimum absolute atomic E-state index is 0.0131. The number of benzene rings is 1. The van der Waals surface area contributed by atoms with Crippen molar-refractivity contribution in [1.29, 1.82) is 0 Å². The van der Waals surface area contributed by atoms with Crippen molar-refractivity contribution in [3.63, 3.8) is 0 Å². The summed E-state index contributed by atoms with van der Waals surface area (Å²) in [6.07, 6.45) is 2.82. The summed E-state index contributed by atoms with van der Waals surface area (Å²) in [5.41, 5.74) is 0.156. The zero-order valence-corrected chi connectivity index (χ0v) is 11.0. The fraction of sp³-hybridized carbons (Fsp3) is 0.417. The van der Waals surface area contributed by atoms with Gasteiger partial charge < -0.3 is 0 Å². The summed E-state index contributed by atoms with van der Waals surface area (Å²) < 4.78 is 0. The third kappa shape index (κ3) is 2.49. The number of hydrogen-bond acceptors (Lipinski definition) is 3. The van der Waals surface area contributed by atoms with Crippen LogP contribution in [0.1, 0.15) is 37.2 Å². The zero-order valence-electron chi connectivity index (χ0n) is 9.49. The summed E-state index contributed by atoms with van der Waals surface area (Å²) in [5, 5.41) is 11.4. The van der Waals surface area contributed by atoms with Gasteiger partial charge in [0.15, 0.2) is 0 Å². The maximum Gasteiger partial charge on any atom is 0.291 e. The van der Waals surface area contributed by atoms with Crippen LogP contribution in [-0.2, 0) is 4.79 Å². The van der Waals surface area contributed by atoms with Crippen molar-refractivity contribution in [3.8, 4) is 0 Å². The van der Waals surface area contributed by atoms with Crippen molar-refractivity contribution < 1.29 is 9.72 Å². The molecule has 0 N–H and O–H groups in total. The van der Waals surface area contributed by atoms with Crippen LogP contribution in [0.4, 0.5) is 5.69 Å². The molecule has 4 nitrogen and oxygen atoms in total. The molecule has 1 unspecified atom stereocenters. The van der Waals surface area contributed by atoms with E-state index in [2.05, 4.69) is 0 Å². The first-order valence-corrected chi connectivity index (χ1v) is 6.42. The predicted octanol–water partition coefficient (Wildman–Crippen LogP) is 4.13. The van der Waals surface area contributed by atoms with Gasteiger partial charge in [0.1, 0.15) is 10.8 Å². The number of carbonyl (C=O) groups excluding carboxylic acids is 1. The molecule has 0 spiro atoms. The number of halogens is 2. The summed E-state index contributed by atoms with van der Waals surface area (Å²) in [6, 6.07) is 2.82. The standard InChI is InChI=1S/C12H11Cl2NO3/c13-7-5-9(8-3-1-2-4-11(8)16)12(15(17)18)10(14)6-7/h5-6,8H,1-4H2. The molecule has 0 aliphatic heterocycles. The molecule has 1 saturated carbocycles. The van der Waals surface area contributed by atoms with Gasteiger partial charge in [0.25, 0.3) is 5.69 Å². The fourth-order valence-electron chi connectivity index (χ4n) is 2.36. The molecule has 6 heteroatoms. The third-order valence-corrected chi connectivity index (χ3v) is 3.68. The molecule has 1 fully saturated rings. The Hall–Kier alpha value is -1.13. The average Bonchev–Trinajstić information content (AvgIpc) is 2.27. The van der Waals surface area contributed by atoms with Gasteiger partial charge in [0.2, 0.25) is 0 Å². The smallest absolute Gasteiger partial charge is 0.291 e. The summed E-state index contributed by atoms with van der Waals surface area (Å²) in [7, 11) is 0. The lowest BCUT2D eigenvalue weighted by Gasteiger charge is -2.21. The molecule has 1 atom stereocenters. The lowest BCUT2D eigenvalue weighted by atomic mass is 9.82. The highest BCUT2D eigenvalue weighted by Crippen LogP contribution is 2.40. The molecule has 1 aromatic carbocycles. The molecule has 1 aliphatic carbocycles. The molecular weight excluding hydrogens is 277 g/mol. The van der Waals surface area contributed by atoms with Gasteiger partial charge in [-0.05, 0) is 25.0 Å². The molecule has 0 amide bonds. The molecule has 1 aromatic rings. The van der Waals surface area contributed by atoms with E-state index in [9.17, 15) is 14.9 Å². The van der Waals surface area contributed by atoms with E-state index in [1.807, 2.05) is 0 Å². The van der Waals surface area contributed by atoms with Crippen molar-refractivity contribution in [2.24, 2.45) is 0 Å². The Bertz CT molecular complexity index is 516. The number of nitro groups is 1. The molecule has 1 aliphatic rings. The number of ketones is 1. The van der Waals surface area contributed by atoms with E-state index in [4.69, 9.17) is 23.2 Å². The molecule has 0 bridgehead atoms. The second kappa shape index (κ2) is 5.24. The quantitative estimate of drug-likeness (QED) is 0.607. The molecule has 2 rings (SSSR count). The normalized spacial score (nSPS) is 19.9. The van der Waals surface area contributed by atoms with Crippen LogP contribution in [0.25, 0.3) is 0 Å². The van der Waals surface area contributed by atoms with Crippen LogP contribution in [0.5, 0.6) is 0 Å². The maximum absolute atomic E-state index is 11.9. The van der Waals surface area contributed by atoms with Crippen molar-refractivity contribution >= 4 is 34.7 Å². The van der Waals surface area contributed by atoms with Crippen LogP contribution >= 0.6 is 23.2 Å². The van der Waals surface area contributed by atoms with Crippen molar-refractivity contribution in [2.45, 2.75) is 31.6 Å². The predicted molar refractivity (Wildman–Crippen MR) is 69.3 cm³/mol. The summed E-state index contributed by atoms with van der Waals surface area (Å²) >= 11 is 11.7. The van der Waals surface area contributed by atoms with Crippen molar-refractivity contribution in [2.75, 3.05) is 0 Å². The first-order chi connectivity index (χ1) is 8.50. The number of nitro benzene ring substituents is 1. The van der Waals surface area contributed by atoms with E-state index < -0.39 is 10.8 Å². The second-order valence-electron chi connectivity index (χ2n) is 4.35. The molecule has 0 heterocycles. The Morgan fingerprint density at radius 3 is 2.61 bits per heavy atom. The van der Waals surface area contributed by atoms with Crippen LogP contribution in [-0.4, -0.2) is 10.7 Å². The van der Waals surface area contributed by atoms with Gasteiger partial charge in [0.05, 0.1) is 4.92 Å². The molecule has 0 saturated heterocycles. The van der Waals surface area contributed by atoms with Gasteiger partial charge >= 0.3 is 0 Å². The topological polar surface area (TPSA) is 60.2 Å². The maximum atomic E-state index is 11.9. The van der Waals surface area contributed by atoms with Crippen LogP contribution < -0.4 is 0 Å². The van der Waals surface area contributed by atoms with Gasteiger partial charge in [-0.3, -0.25) is 14.9 Å². The van der Waals surface area contributed by atoms with E-state index in [-0.39, 0.29) is 16.5 Å². The van der Waals surface area contributed by atoms with E-state index in [1.165, 1.54) is 12.1 Å². The molecular formula is C12H11Cl2NO3. The van der Waals surface area contributed by atoms with Crippen molar-refractivity contribution in [3.05, 3.63) is 37.9 Å². The summed E-state index contributed by atoms with van der Waals surface area (Å²) in [6.45, 7) is 0. The zero-order chi connectivity index (χ0) is 13.3. The highest BCUT2D eigenvalue weighted by atomic mass is 35.5. The first kappa shape index (κ1) is 13.3. The molecule has 0 radical (unpaired) electrons. The number of carbonyl (C=O) groups is 1. The van der Waals surface area contributed by atoms with Gasteiger partial charge in [-0.1, -0.05) is 29.6 Å². The van der Waals surface area contributed by atoms with E-state index in [1.54, 1.807) is 0 Å². The van der Waals surface area contributed by atoms with E-state index >= 15 is 0 Å². The third-order valence-electron chi connectivity index (χ3n) is 3.17. The lowest BCUT2D eigenvalue weighted by molar-refractivity contribution is -0.385. The number of hydrogen-bond donors (Lipinski definition) is 0. The Morgan fingerprint density at radius 2 is 2.00 bits per heavy atom. The number of rotatable bonds is 2. The van der Waals surface area contributed by atoms with Crippen LogP contribution in [0.2, 0.25) is 10.0 Å². The number of nitrogens with zero attached hydrogens (tertiary/aromatic N) is 1. The highest BCUT2D eigenvalue weighted by Gasteiger charge is 2.31. The number of Topliss-reactive ketones (excluding diaryl/α,β-unsaturated/α-hetero) is 1. The highest BCUT2D eigenvalue weighted by molar-refractivity contribution is 6.36. The Morgan fingerprint density at radius 1 is 1.28 bits per heavy atom. The summed E-state index contributed by atoms with van der Waals surface area (Å²) in [5.74, 6) is -0.418. The minimum atomic E-state index is -0.546. The Balaban J connectivity index is 2.54. The van der Waals surface area contributed by atoms with E-state index in [0.717, 1.165) is 12.8 Å². The van der Waals surface area contributed by atoms with Gasteiger partial charge in [-0.15, -0.1) is 0 Å².